The van der Waals surface area contributed by atoms with Gasteiger partial charge in [0.25, 0.3) is 0 Å². The maximum Gasteiger partial charge on any atom is 0.122 e. The number of nitrogens with one attached hydrogen (secondary N) is 1. The first-order chi connectivity index (χ1) is 9.21. The van der Waals surface area contributed by atoms with Gasteiger partial charge in [-0.2, -0.15) is 0 Å². The normalized spacial score (nSPS) is 16.2. The Kier molecular flexibility index (Phi) is 4.66. The van der Waals surface area contributed by atoms with Crippen molar-refractivity contribution in [3.05, 3.63) is 23.8 Å². The van der Waals surface area contributed by atoms with Gasteiger partial charge in [0, 0.05) is 25.8 Å². The molecule has 0 aromatic heterocycles. The van der Waals surface area contributed by atoms with Crippen LogP contribution in [0.3, 0.4) is 0 Å². The monoisotopic (exact) mass is 265 g/mol. The first kappa shape index (κ1) is 14.2. The summed E-state index contributed by atoms with van der Waals surface area (Å²) in [5.74, 6) is 1.63. The van der Waals surface area contributed by atoms with E-state index in [2.05, 4.69) is 5.32 Å². The fourth-order valence-electron chi connectivity index (χ4n) is 2.37. The zero-order chi connectivity index (χ0) is 13.7. The van der Waals surface area contributed by atoms with E-state index >= 15 is 0 Å². The largest absolute Gasteiger partial charge is 0.497 e. The van der Waals surface area contributed by atoms with Crippen LogP contribution in [-0.4, -0.2) is 32.5 Å². The van der Waals surface area contributed by atoms with Crippen molar-refractivity contribution < 1.29 is 14.6 Å². The molecule has 2 rings (SSSR count). The molecule has 1 aliphatic carbocycles. The second-order valence-electron chi connectivity index (χ2n) is 5.30. The summed E-state index contributed by atoms with van der Waals surface area (Å²) < 4.78 is 10.5. The molecule has 0 amide bonds. The molecule has 1 aliphatic rings. The van der Waals surface area contributed by atoms with E-state index in [1.807, 2.05) is 18.2 Å². The Hall–Kier alpha value is -1.26. The highest BCUT2D eigenvalue weighted by atomic mass is 16.5. The van der Waals surface area contributed by atoms with Crippen molar-refractivity contribution in [3.8, 4) is 11.5 Å². The van der Waals surface area contributed by atoms with Crippen molar-refractivity contribution in [1.29, 1.82) is 0 Å². The van der Waals surface area contributed by atoms with Gasteiger partial charge in [0.15, 0.2) is 0 Å². The highest BCUT2D eigenvalue weighted by Crippen LogP contribution is 2.47. The molecule has 0 aliphatic heterocycles. The van der Waals surface area contributed by atoms with E-state index in [1.54, 1.807) is 14.2 Å². The minimum absolute atomic E-state index is 0.286. The first-order valence-electron chi connectivity index (χ1n) is 6.75. The third-order valence-electron chi connectivity index (χ3n) is 3.84. The Labute approximate surface area is 114 Å². The molecule has 4 heteroatoms. The van der Waals surface area contributed by atoms with Crippen molar-refractivity contribution in [3.63, 3.8) is 0 Å². The Balaban J connectivity index is 1.88. The van der Waals surface area contributed by atoms with Gasteiger partial charge in [-0.3, -0.25) is 0 Å². The van der Waals surface area contributed by atoms with Gasteiger partial charge >= 0.3 is 0 Å². The molecule has 1 saturated carbocycles. The molecule has 2 N–H and O–H groups in total. The van der Waals surface area contributed by atoms with Crippen molar-refractivity contribution in [2.24, 2.45) is 5.41 Å². The van der Waals surface area contributed by atoms with Crippen LogP contribution in [0.15, 0.2) is 18.2 Å². The van der Waals surface area contributed by atoms with E-state index in [0.29, 0.717) is 5.41 Å². The molecule has 0 heterocycles. The number of benzene rings is 1. The molecule has 0 saturated heterocycles. The Bertz CT molecular complexity index is 394. The van der Waals surface area contributed by atoms with Crippen LogP contribution in [0, 0.1) is 5.41 Å². The van der Waals surface area contributed by atoms with Crippen molar-refractivity contribution in [1.82, 2.24) is 5.32 Å². The molecule has 1 aromatic carbocycles. The summed E-state index contributed by atoms with van der Waals surface area (Å²) in [5, 5.41) is 12.5. The highest BCUT2D eigenvalue weighted by molar-refractivity contribution is 5.38. The number of rotatable bonds is 8. The lowest BCUT2D eigenvalue weighted by Gasteiger charge is -2.15. The summed E-state index contributed by atoms with van der Waals surface area (Å²) in [6.45, 7) is 2.04. The predicted octanol–water partition coefficient (Wildman–Crippen LogP) is 1.96. The fourth-order valence-corrected chi connectivity index (χ4v) is 2.37. The average molecular weight is 265 g/mol. The lowest BCUT2D eigenvalue weighted by atomic mass is 10.0. The van der Waals surface area contributed by atoms with Crippen LogP contribution in [0.25, 0.3) is 0 Å². The Morgan fingerprint density at radius 1 is 1.16 bits per heavy atom. The molecule has 0 radical (unpaired) electrons. The smallest absolute Gasteiger partial charge is 0.122 e. The maximum absolute atomic E-state index is 9.03. The SMILES string of the molecule is COc1cc(CNCC2(CCO)CC2)cc(OC)c1. The molecule has 0 unspecified atom stereocenters. The predicted molar refractivity (Wildman–Crippen MR) is 74.6 cm³/mol. The van der Waals surface area contributed by atoms with E-state index in [4.69, 9.17) is 14.6 Å². The zero-order valence-electron chi connectivity index (χ0n) is 11.7. The van der Waals surface area contributed by atoms with Gasteiger partial charge in [0.05, 0.1) is 14.2 Å². The number of methoxy groups -OCH3 is 2. The molecule has 0 bridgehead atoms. The lowest BCUT2D eigenvalue weighted by molar-refractivity contribution is 0.245. The number of aliphatic hydroxyl groups is 1. The molecule has 19 heavy (non-hydrogen) atoms. The molecule has 0 atom stereocenters. The fraction of sp³-hybridized carbons (Fsp3) is 0.600. The quantitative estimate of drug-likeness (QED) is 0.754. The van der Waals surface area contributed by atoms with Crippen LogP contribution >= 0.6 is 0 Å². The van der Waals surface area contributed by atoms with Gasteiger partial charge in [-0.15, -0.1) is 0 Å². The van der Waals surface area contributed by atoms with Crippen LogP contribution in [0.2, 0.25) is 0 Å². The van der Waals surface area contributed by atoms with Gasteiger partial charge in [0.1, 0.15) is 11.5 Å². The molecule has 4 nitrogen and oxygen atoms in total. The lowest BCUT2D eigenvalue weighted by Crippen LogP contribution is -2.24. The van der Waals surface area contributed by atoms with Crippen molar-refractivity contribution in [2.45, 2.75) is 25.8 Å². The molecule has 1 aromatic rings. The van der Waals surface area contributed by atoms with E-state index in [0.717, 1.165) is 36.6 Å². The van der Waals surface area contributed by atoms with Crippen LogP contribution in [-0.2, 0) is 6.54 Å². The molecule has 1 fully saturated rings. The highest BCUT2D eigenvalue weighted by Gasteiger charge is 2.41. The zero-order valence-corrected chi connectivity index (χ0v) is 11.7. The van der Waals surface area contributed by atoms with Crippen LogP contribution in [0.5, 0.6) is 11.5 Å². The number of hydrogen-bond donors (Lipinski definition) is 2. The van der Waals surface area contributed by atoms with Gasteiger partial charge < -0.3 is 19.9 Å². The summed E-state index contributed by atoms with van der Waals surface area (Å²) in [4.78, 5) is 0. The summed E-state index contributed by atoms with van der Waals surface area (Å²) in [5.41, 5.74) is 1.49. The van der Waals surface area contributed by atoms with Gasteiger partial charge in [-0.25, -0.2) is 0 Å². The third-order valence-corrected chi connectivity index (χ3v) is 3.84. The average Bonchev–Trinajstić information content (AvgIpc) is 3.18. The Morgan fingerprint density at radius 3 is 2.26 bits per heavy atom. The van der Waals surface area contributed by atoms with Crippen LogP contribution in [0.1, 0.15) is 24.8 Å². The molecular weight excluding hydrogens is 242 g/mol. The summed E-state index contributed by atoms with van der Waals surface area (Å²) in [7, 11) is 3.32. The van der Waals surface area contributed by atoms with E-state index < -0.39 is 0 Å². The molecular formula is C15H23NO3. The summed E-state index contributed by atoms with van der Waals surface area (Å²) >= 11 is 0. The van der Waals surface area contributed by atoms with E-state index in [-0.39, 0.29) is 6.61 Å². The third kappa shape index (κ3) is 3.85. The topological polar surface area (TPSA) is 50.7 Å². The molecule has 0 spiro atoms. The first-order valence-corrected chi connectivity index (χ1v) is 6.75. The van der Waals surface area contributed by atoms with Crippen molar-refractivity contribution in [2.75, 3.05) is 27.4 Å². The van der Waals surface area contributed by atoms with Crippen molar-refractivity contribution >= 4 is 0 Å². The minimum atomic E-state index is 0.286. The molecule has 106 valence electrons. The van der Waals surface area contributed by atoms with Crippen LogP contribution < -0.4 is 14.8 Å². The van der Waals surface area contributed by atoms with Gasteiger partial charge in [0.2, 0.25) is 0 Å². The van der Waals surface area contributed by atoms with E-state index in [1.165, 1.54) is 12.8 Å². The summed E-state index contributed by atoms with van der Waals surface area (Å²) in [6.07, 6.45) is 3.35. The minimum Gasteiger partial charge on any atom is -0.497 e. The van der Waals surface area contributed by atoms with Gasteiger partial charge in [-0.1, -0.05) is 0 Å². The number of hydrogen-bond acceptors (Lipinski definition) is 4. The number of ether oxygens (including phenoxy) is 2. The van der Waals surface area contributed by atoms with E-state index in [9.17, 15) is 0 Å². The Morgan fingerprint density at radius 2 is 1.79 bits per heavy atom. The standard InChI is InChI=1S/C15H23NO3/c1-18-13-7-12(8-14(9-13)19-2)10-16-11-15(3-4-15)5-6-17/h7-9,16-17H,3-6,10-11H2,1-2H3. The number of aliphatic hydroxyl groups excluding tert-OH is 1. The second-order valence-corrected chi connectivity index (χ2v) is 5.30. The summed E-state index contributed by atoms with van der Waals surface area (Å²) in [6, 6.07) is 5.90. The second kappa shape index (κ2) is 6.26. The maximum atomic E-state index is 9.03. The van der Waals surface area contributed by atoms with Crippen LogP contribution in [0.4, 0.5) is 0 Å². The van der Waals surface area contributed by atoms with Gasteiger partial charge in [-0.05, 0) is 42.4 Å².